The van der Waals surface area contributed by atoms with Crippen molar-refractivity contribution in [1.82, 2.24) is 5.16 Å². The van der Waals surface area contributed by atoms with Gasteiger partial charge < -0.3 is 4.52 Å². The third-order valence-corrected chi connectivity index (χ3v) is 2.59. The Bertz CT molecular complexity index is 453. The fraction of sp³-hybridized carbons (Fsp3) is 0.0909. The van der Waals surface area contributed by atoms with E-state index in [1.807, 2.05) is 30.3 Å². The summed E-state index contributed by atoms with van der Waals surface area (Å²) >= 11 is 6.20. The quantitative estimate of drug-likeness (QED) is 0.591. The Morgan fingerprint density at radius 1 is 1.33 bits per heavy atom. The van der Waals surface area contributed by atoms with Crippen molar-refractivity contribution in [2.45, 2.75) is 5.38 Å². The molecule has 0 spiro atoms. The van der Waals surface area contributed by atoms with Crippen molar-refractivity contribution in [3.63, 3.8) is 0 Å². The fourth-order valence-electron chi connectivity index (χ4n) is 1.33. The minimum Gasteiger partial charge on any atom is -0.364 e. The van der Waals surface area contributed by atoms with Gasteiger partial charge in [0.05, 0.1) is 5.38 Å². The van der Waals surface area contributed by atoms with Crippen molar-refractivity contribution >= 4 is 17.9 Å². The van der Waals surface area contributed by atoms with Gasteiger partial charge in [-0.1, -0.05) is 35.5 Å². The van der Waals surface area contributed by atoms with Crippen LogP contribution in [0.2, 0.25) is 0 Å². The summed E-state index contributed by atoms with van der Waals surface area (Å²) in [6.07, 6.45) is 2.03. The smallest absolute Gasteiger partial charge is 0.172 e. The number of nitrogens with zero attached hydrogens (tertiary/aromatic N) is 1. The second-order valence-electron chi connectivity index (χ2n) is 3.05. The third kappa shape index (κ3) is 1.92. The number of hydrogen-bond donors (Lipinski definition) is 0. The van der Waals surface area contributed by atoms with E-state index < -0.39 is 5.38 Å². The molecule has 1 heterocycles. The zero-order valence-electron chi connectivity index (χ0n) is 7.76. The van der Waals surface area contributed by atoms with Gasteiger partial charge in [-0.15, -0.1) is 11.6 Å². The molecule has 2 rings (SSSR count). The van der Waals surface area contributed by atoms with E-state index in [4.69, 9.17) is 16.1 Å². The van der Waals surface area contributed by atoms with Crippen molar-refractivity contribution in [3.05, 3.63) is 53.4 Å². The first-order valence-corrected chi connectivity index (χ1v) is 4.85. The van der Waals surface area contributed by atoms with Gasteiger partial charge in [-0.25, -0.2) is 0 Å². The first-order chi connectivity index (χ1) is 7.33. The number of halogens is 1. The van der Waals surface area contributed by atoms with Gasteiger partial charge in [0, 0.05) is 5.56 Å². The molecule has 0 saturated heterocycles. The van der Waals surface area contributed by atoms with Crippen molar-refractivity contribution in [1.29, 1.82) is 0 Å². The number of aromatic nitrogens is 1. The Morgan fingerprint density at radius 3 is 2.73 bits per heavy atom. The standard InChI is InChI=1S/C11H8ClNO2/c12-11(8-4-2-1-3-5-8)9-7-15-13-10(9)6-14/h1-7,11H. The molecular formula is C11H8ClNO2. The summed E-state index contributed by atoms with van der Waals surface area (Å²) in [5.41, 5.74) is 1.75. The molecule has 3 nitrogen and oxygen atoms in total. The average Bonchev–Trinajstić information content (AvgIpc) is 2.77. The molecule has 0 amide bonds. The summed E-state index contributed by atoms with van der Waals surface area (Å²) < 4.78 is 4.71. The monoisotopic (exact) mass is 221 g/mol. The normalized spacial score (nSPS) is 12.3. The molecule has 2 aromatic rings. The molecule has 1 atom stereocenters. The molecule has 0 aliphatic heterocycles. The van der Waals surface area contributed by atoms with Gasteiger partial charge in [0.25, 0.3) is 0 Å². The van der Waals surface area contributed by atoms with Crippen LogP contribution in [0.3, 0.4) is 0 Å². The number of aldehydes is 1. The first-order valence-electron chi connectivity index (χ1n) is 4.41. The molecule has 1 aromatic carbocycles. The van der Waals surface area contributed by atoms with Gasteiger partial charge in [0.2, 0.25) is 0 Å². The molecule has 0 fully saturated rings. The molecule has 0 aliphatic rings. The van der Waals surface area contributed by atoms with E-state index in [1.165, 1.54) is 6.26 Å². The summed E-state index contributed by atoms with van der Waals surface area (Å²) in [6.45, 7) is 0. The SMILES string of the molecule is O=Cc1nocc1C(Cl)c1ccccc1. The van der Waals surface area contributed by atoms with Gasteiger partial charge in [-0.3, -0.25) is 4.79 Å². The van der Waals surface area contributed by atoms with Crippen molar-refractivity contribution < 1.29 is 9.32 Å². The van der Waals surface area contributed by atoms with E-state index >= 15 is 0 Å². The summed E-state index contributed by atoms with van der Waals surface area (Å²) in [7, 11) is 0. The lowest BCUT2D eigenvalue weighted by molar-refractivity contribution is 0.111. The first kappa shape index (κ1) is 9.93. The second kappa shape index (κ2) is 4.28. The zero-order valence-corrected chi connectivity index (χ0v) is 8.52. The summed E-state index contributed by atoms with van der Waals surface area (Å²) in [5.74, 6) is 0. The molecule has 1 aromatic heterocycles. The summed E-state index contributed by atoms with van der Waals surface area (Å²) in [6, 6.07) is 9.46. The minimum atomic E-state index is -0.405. The van der Waals surface area contributed by atoms with Crippen LogP contribution in [0, 0.1) is 0 Å². The Kier molecular flexibility index (Phi) is 2.83. The largest absolute Gasteiger partial charge is 0.364 e. The fourth-order valence-corrected chi connectivity index (χ4v) is 1.64. The van der Waals surface area contributed by atoms with Crippen molar-refractivity contribution in [3.8, 4) is 0 Å². The predicted molar refractivity (Wildman–Crippen MR) is 56.0 cm³/mol. The van der Waals surface area contributed by atoms with Crippen molar-refractivity contribution in [2.75, 3.05) is 0 Å². The number of rotatable bonds is 3. The van der Waals surface area contributed by atoms with E-state index in [1.54, 1.807) is 0 Å². The van der Waals surface area contributed by atoms with Crippen LogP contribution in [-0.4, -0.2) is 11.4 Å². The molecule has 0 N–H and O–H groups in total. The van der Waals surface area contributed by atoms with Gasteiger partial charge in [-0.05, 0) is 5.56 Å². The Morgan fingerprint density at radius 2 is 2.07 bits per heavy atom. The van der Waals surface area contributed by atoms with Crippen LogP contribution in [0.25, 0.3) is 0 Å². The molecule has 0 radical (unpaired) electrons. The maximum atomic E-state index is 10.6. The third-order valence-electron chi connectivity index (χ3n) is 2.10. The van der Waals surface area contributed by atoms with E-state index in [-0.39, 0.29) is 5.69 Å². The van der Waals surface area contributed by atoms with Crippen LogP contribution in [0.5, 0.6) is 0 Å². The van der Waals surface area contributed by atoms with Gasteiger partial charge in [-0.2, -0.15) is 0 Å². The topological polar surface area (TPSA) is 43.1 Å². The molecule has 0 saturated carbocycles. The number of alkyl halides is 1. The van der Waals surface area contributed by atoms with E-state index in [9.17, 15) is 4.79 Å². The zero-order chi connectivity index (χ0) is 10.7. The van der Waals surface area contributed by atoms with Crippen LogP contribution >= 0.6 is 11.6 Å². The lowest BCUT2D eigenvalue weighted by atomic mass is 10.1. The molecule has 1 unspecified atom stereocenters. The highest BCUT2D eigenvalue weighted by Gasteiger charge is 2.17. The Balaban J connectivity index is 2.36. The van der Waals surface area contributed by atoms with Crippen molar-refractivity contribution in [2.24, 2.45) is 0 Å². The van der Waals surface area contributed by atoms with Crippen LogP contribution in [0.4, 0.5) is 0 Å². The highest BCUT2D eigenvalue weighted by atomic mass is 35.5. The van der Waals surface area contributed by atoms with E-state index in [0.29, 0.717) is 11.8 Å². The second-order valence-corrected chi connectivity index (χ2v) is 3.48. The molecule has 15 heavy (non-hydrogen) atoms. The minimum absolute atomic E-state index is 0.249. The molecule has 0 bridgehead atoms. The van der Waals surface area contributed by atoms with Crippen LogP contribution < -0.4 is 0 Å². The number of benzene rings is 1. The summed E-state index contributed by atoms with van der Waals surface area (Å²) in [4.78, 5) is 10.6. The molecular weight excluding hydrogens is 214 g/mol. The van der Waals surface area contributed by atoms with Crippen LogP contribution in [-0.2, 0) is 0 Å². The maximum absolute atomic E-state index is 10.6. The lowest BCUT2D eigenvalue weighted by Gasteiger charge is -2.06. The highest BCUT2D eigenvalue weighted by Crippen LogP contribution is 2.29. The van der Waals surface area contributed by atoms with Crippen LogP contribution in [0.15, 0.2) is 41.1 Å². The Labute approximate surface area is 91.6 Å². The maximum Gasteiger partial charge on any atom is 0.172 e. The number of hydrogen-bond acceptors (Lipinski definition) is 3. The van der Waals surface area contributed by atoms with Gasteiger partial charge in [0.15, 0.2) is 12.0 Å². The lowest BCUT2D eigenvalue weighted by Crippen LogP contribution is -1.95. The molecule has 4 heteroatoms. The van der Waals surface area contributed by atoms with E-state index in [2.05, 4.69) is 5.16 Å². The van der Waals surface area contributed by atoms with Gasteiger partial charge in [0.1, 0.15) is 6.26 Å². The van der Waals surface area contributed by atoms with Gasteiger partial charge >= 0.3 is 0 Å². The van der Waals surface area contributed by atoms with E-state index in [0.717, 1.165) is 5.56 Å². The molecule has 76 valence electrons. The van der Waals surface area contributed by atoms with Crippen LogP contribution in [0.1, 0.15) is 27.0 Å². The predicted octanol–water partition coefficient (Wildman–Crippen LogP) is 2.82. The number of carbonyl (C=O) groups is 1. The Hall–Kier alpha value is -1.61. The average molecular weight is 222 g/mol. The summed E-state index contributed by atoms with van der Waals surface area (Å²) in [5, 5.41) is 3.15. The highest BCUT2D eigenvalue weighted by molar-refractivity contribution is 6.23. The number of carbonyl (C=O) groups excluding carboxylic acids is 1. The molecule has 0 aliphatic carbocycles.